The summed E-state index contributed by atoms with van der Waals surface area (Å²) in [4.78, 5) is 11.7. The highest BCUT2D eigenvalue weighted by Crippen LogP contribution is 2.32. The molecule has 1 aromatic rings. The lowest BCUT2D eigenvalue weighted by atomic mass is 9.73. The first-order chi connectivity index (χ1) is 5.72. The van der Waals surface area contributed by atoms with Gasteiger partial charge in [0, 0.05) is 10.9 Å². The van der Waals surface area contributed by atoms with Gasteiger partial charge in [0.1, 0.15) is 0 Å². The fourth-order valence-electron chi connectivity index (χ4n) is 1.47. The van der Waals surface area contributed by atoms with Crippen LogP contribution < -0.4 is 5.73 Å². The maximum absolute atomic E-state index is 11.7. The maximum Gasteiger partial charge on any atom is 0.183 e. The highest BCUT2D eigenvalue weighted by Gasteiger charge is 2.40. The highest BCUT2D eigenvalue weighted by atomic mass is 32.1. The Morgan fingerprint density at radius 1 is 1.58 bits per heavy atom. The Morgan fingerprint density at radius 3 is 2.75 bits per heavy atom. The molecule has 2 N–H and O–H groups in total. The second kappa shape index (κ2) is 2.68. The minimum atomic E-state index is -0.527. The fraction of sp³-hybridized carbons (Fsp3) is 0.444. The van der Waals surface area contributed by atoms with E-state index in [9.17, 15) is 4.79 Å². The molecular weight excluding hydrogens is 170 g/mol. The summed E-state index contributed by atoms with van der Waals surface area (Å²) in [7, 11) is 0. The number of thiophene rings is 1. The summed E-state index contributed by atoms with van der Waals surface area (Å²) >= 11 is 1.54. The fourth-order valence-corrected chi connectivity index (χ4v) is 2.10. The summed E-state index contributed by atoms with van der Waals surface area (Å²) in [5.41, 5.74) is 6.15. The van der Waals surface area contributed by atoms with Crippen LogP contribution in [0.1, 0.15) is 29.6 Å². The second-order valence-electron chi connectivity index (χ2n) is 3.35. The zero-order chi connectivity index (χ0) is 8.60. The zero-order valence-electron chi connectivity index (χ0n) is 6.75. The lowest BCUT2D eigenvalue weighted by Gasteiger charge is -2.36. The molecule has 1 fully saturated rings. The van der Waals surface area contributed by atoms with Crippen molar-refractivity contribution in [2.75, 3.05) is 0 Å². The standard InChI is InChI=1S/C9H11NOS/c10-9(3-1-4-9)8(11)7-2-5-12-6-7/h2,5-6H,1,3-4,10H2. The number of Topliss-reactive ketones (excluding diaryl/α,β-unsaturated/α-hetero) is 1. The topological polar surface area (TPSA) is 43.1 Å². The minimum absolute atomic E-state index is 0.120. The van der Waals surface area contributed by atoms with E-state index in [1.54, 1.807) is 11.3 Å². The van der Waals surface area contributed by atoms with Crippen LogP contribution in [0.5, 0.6) is 0 Å². The summed E-state index contributed by atoms with van der Waals surface area (Å²) in [6.07, 6.45) is 2.79. The SMILES string of the molecule is NC1(C(=O)c2ccsc2)CCC1. The Kier molecular flexibility index (Phi) is 1.77. The minimum Gasteiger partial charge on any atom is -0.319 e. The molecule has 12 heavy (non-hydrogen) atoms. The van der Waals surface area contributed by atoms with Gasteiger partial charge in [-0.1, -0.05) is 0 Å². The van der Waals surface area contributed by atoms with Crippen LogP contribution in [-0.4, -0.2) is 11.3 Å². The van der Waals surface area contributed by atoms with Gasteiger partial charge in [-0.15, -0.1) is 0 Å². The molecule has 1 aliphatic carbocycles. The first kappa shape index (κ1) is 7.95. The number of rotatable bonds is 2. The molecule has 1 aromatic heterocycles. The molecule has 0 radical (unpaired) electrons. The third kappa shape index (κ3) is 1.09. The van der Waals surface area contributed by atoms with E-state index in [1.165, 1.54) is 0 Å². The monoisotopic (exact) mass is 181 g/mol. The molecule has 3 heteroatoms. The van der Waals surface area contributed by atoms with E-state index >= 15 is 0 Å². The van der Waals surface area contributed by atoms with Crippen molar-refractivity contribution in [1.82, 2.24) is 0 Å². The number of hydrogen-bond acceptors (Lipinski definition) is 3. The van der Waals surface area contributed by atoms with Crippen LogP contribution in [0.2, 0.25) is 0 Å². The van der Waals surface area contributed by atoms with Crippen LogP contribution >= 0.6 is 11.3 Å². The van der Waals surface area contributed by atoms with E-state index < -0.39 is 5.54 Å². The zero-order valence-corrected chi connectivity index (χ0v) is 7.56. The van der Waals surface area contributed by atoms with Crippen molar-refractivity contribution in [3.63, 3.8) is 0 Å². The van der Waals surface area contributed by atoms with Crippen molar-refractivity contribution in [2.24, 2.45) is 5.73 Å². The lowest BCUT2D eigenvalue weighted by Crippen LogP contribution is -2.53. The molecule has 2 rings (SSSR count). The first-order valence-electron chi connectivity index (χ1n) is 4.08. The van der Waals surface area contributed by atoms with Crippen LogP contribution in [0.3, 0.4) is 0 Å². The van der Waals surface area contributed by atoms with Crippen molar-refractivity contribution in [3.05, 3.63) is 22.4 Å². The van der Waals surface area contributed by atoms with Crippen LogP contribution in [0.25, 0.3) is 0 Å². The van der Waals surface area contributed by atoms with Gasteiger partial charge < -0.3 is 5.73 Å². The van der Waals surface area contributed by atoms with Gasteiger partial charge >= 0.3 is 0 Å². The van der Waals surface area contributed by atoms with Crippen LogP contribution in [0.4, 0.5) is 0 Å². The van der Waals surface area contributed by atoms with Gasteiger partial charge in [-0.05, 0) is 30.7 Å². The predicted octanol–water partition coefficient (Wildman–Crippen LogP) is 1.81. The Morgan fingerprint density at radius 2 is 2.33 bits per heavy atom. The van der Waals surface area contributed by atoms with Gasteiger partial charge in [0.15, 0.2) is 5.78 Å². The molecule has 1 heterocycles. The van der Waals surface area contributed by atoms with E-state index in [-0.39, 0.29) is 5.78 Å². The summed E-state index contributed by atoms with van der Waals surface area (Å²) < 4.78 is 0. The van der Waals surface area contributed by atoms with E-state index in [2.05, 4.69) is 0 Å². The number of carbonyl (C=O) groups excluding carboxylic acids is 1. The molecular formula is C9H11NOS. The molecule has 0 unspecified atom stereocenters. The highest BCUT2D eigenvalue weighted by molar-refractivity contribution is 7.08. The molecule has 0 saturated heterocycles. The van der Waals surface area contributed by atoms with Crippen molar-refractivity contribution in [2.45, 2.75) is 24.8 Å². The molecule has 2 nitrogen and oxygen atoms in total. The molecule has 0 amide bonds. The van der Waals surface area contributed by atoms with Crippen molar-refractivity contribution in [3.8, 4) is 0 Å². The van der Waals surface area contributed by atoms with Gasteiger partial charge in [0.05, 0.1) is 5.54 Å². The Hall–Kier alpha value is -0.670. The average molecular weight is 181 g/mol. The normalized spacial score (nSPS) is 20.1. The molecule has 64 valence electrons. The molecule has 0 spiro atoms. The molecule has 1 saturated carbocycles. The third-order valence-electron chi connectivity index (χ3n) is 2.48. The Labute approximate surface area is 75.4 Å². The van der Waals surface area contributed by atoms with Gasteiger partial charge in [-0.25, -0.2) is 0 Å². The average Bonchev–Trinajstić information content (AvgIpc) is 2.50. The smallest absolute Gasteiger partial charge is 0.183 e. The van der Waals surface area contributed by atoms with Crippen molar-refractivity contribution < 1.29 is 4.79 Å². The van der Waals surface area contributed by atoms with Crippen LogP contribution in [0, 0.1) is 0 Å². The van der Waals surface area contributed by atoms with Crippen LogP contribution in [0.15, 0.2) is 16.8 Å². The quantitative estimate of drug-likeness (QED) is 0.707. The molecule has 0 aromatic carbocycles. The van der Waals surface area contributed by atoms with E-state index in [1.807, 2.05) is 16.8 Å². The maximum atomic E-state index is 11.7. The number of ketones is 1. The van der Waals surface area contributed by atoms with E-state index in [0.29, 0.717) is 0 Å². The predicted molar refractivity (Wildman–Crippen MR) is 49.4 cm³/mol. The Bertz CT molecular complexity index is 287. The molecule has 0 bridgehead atoms. The molecule has 1 aliphatic rings. The van der Waals surface area contributed by atoms with E-state index in [4.69, 9.17) is 5.73 Å². The third-order valence-corrected chi connectivity index (χ3v) is 3.16. The van der Waals surface area contributed by atoms with Crippen LogP contribution in [-0.2, 0) is 0 Å². The number of carbonyl (C=O) groups is 1. The summed E-state index contributed by atoms with van der Waals surface area (Å²) in [5.74, 6) is 0.120. The van der Waals surface area contributed by atoms with Gasteiger partial charge in [-0.2, -0.15) is 11.3 Å². The number of hydrogen-bond donors (Lipinski definition) is 1. The van der Waals surface area contributed by atoms with Crippen molar-refractivity contribution >= 4 is 17.1 Å². The van der Waals surface area contributed by atoms with E-state index in [0.717, 1.165) is 24.8 Å². The molecule has 0 atom stereocenters. The summed E-state index contributed by atoms with van der Waals surface area (Å²) in [6, 6.07) is 1.85. The molecule has 0 aliphatic heterocycles. The first-order valence-corrected chi connectivity index (χ1v) is 5.02. The largest absolute Gasteiger partial charge is 0.319 e. The van der Waals surface area contributed by atoms with Gasteiger partial charge in [-0.3, -0.25) is 4.79 Å². The summed E-state index contributed by atoms with van der Waals surface area (Å²) in [6.45, 7) is 0. The lowest BCUT2D eigenvalue weighted by molar-refractivity contribution is 0.0801. The van der Waals surface area contributed by atoms with Gasteiger partial charge in [0.25, 0.3) is 0 Å². The number of nitrogens with two attached hydrogens (primary N) is 1. The van der Waals surface area contributed by atoms with Gasteiger partial charge in [0.2, 0.25) is 0 Å². The summed E-state index contributed by atoms with van der Waals surface area (Å²) in [5, 5.41) is 3.78. The Balaban J connectivity index is 2.20. The second-order valence-corrected chi connectivity index (χ2v) is 4.13. The van der Waals surface area contributed by atoms with Crippen molar-refractivity contribution in [1.29, 1.82) is 0 Å².